The van der Waals surface area contributed by atoms with Crippen LogP contribution in [-0.2, 0) is 7.05 Å². The molecule has 72 valence electrons. The number of aryl methyl sites for hydroxylation is 1. The second kappa shape index (κ2) is 3.46. The molecule has 0 saturated heterocycles. The van der Waals surface area contributed by atoms with E-state index in [1.54, 1.807) is 12.4 Å². The van der Waals surface area contributed by atoms with E-state index in [-0.39, 0.29) is 0 Å². The first kappa shape index (κ1) is 9.28. The van der Waals surface area contributed by atoms with Crippen molar-refractivity contribution in [1.29, 1.82) is 0 Å². The standard InChI is InChI=1S/C11H11ClN2/c1-8-7-10(12)11(14(8)2)9-3-5-13-6-4-9/h3-7H,1-2H3. The molecule has 0 fully saturated rings. The minimum atomic E-state index is 0.788. The number of aromatic nitrogens is 2. The summed E-state index contributed by atoms with van der Waals surface area (Å²) in [4.78, 5) is 3.98. The average molecular weight is 207 g/mol. The SMILES string of the molecule is Cc1cc(Cl)c(-c2ccncc2)n1C. The number of hydrogen-bond acceptors (Lipinski definition) is 1. The van der Waals surface area contributed by atoms with Crippen LogP contribution < -0.4 is 0 Å². The van der Waals surface area contributed by atoms with Crippen LogP contribution in [0.15, 0.2) is 30.6 Å². The van der Waals surface area contributed by atoms with Crippen molar-refractivity contribution in [2.24, 2.45) is 7.05 Å². The molecule has 2 aromatic rings. The Bertz CT molecular complexity index is 446. The Kier molecular flexibility index (Phi) is 2.30. The van der Waals surface area contributed by atoms with Gasteiger partial charge in [-0.1, -0.05) is 11.6 Å². The van der Waals surface area contributed by atoms with Gasteiger partial charge in [0, 0.05) is 30.7 Å². The van der Waals surface area contributed by atoms with Crippen molar-refractivity contribution in [3.8, 4) is 11.3 Å². The highest BCUT2D eigenvalue weighted by molar-refractivity contribution is 6.33. The second-order valence-corrected chi connectivity index (χ2v) is 3.68. The van der Waals surface area contributed by atoms with Crippen molar-refractivity contribution < 1.29 is 0 Å². The van der Waals surface area contributed by atoms with Crippen molar-refractivity contribution in [3.63, 3.8) is 0 Å². The normalized spacial score (nSPS) is 10.5. The fraction of sp³-hybridized carbons (Fsp3) is 0.182. The van der Waals surface area contributed by atoms with Crippen LogP contribution in [0.3, 0.4) is 0 Å². The number of halogens is 1. The fourth-order valence-corrected chi connectivity index (χ4v) is 1.92. The van der Waals surface area contributed by atoms with Crippen LogP contribution in [-0.4, -0.2) is 9.55 Å². The maximum Gasteiger partial charge on any atom is 0.0670 e. The average Bonchev–Trinajstić information content (AvgIpc) is 2.43. The summed E-state index contributed by atoms with van der Waals surface area (Å²) in [7, 11) is 2.01. The van der Waals surface area contributed by atoms with Gasteiger partial charge < -0.3 is 4.57 Å². The van der Waals surface area contributed by atoms with Gasteiger partial charge in [-0.05, 0) is 25.1 Å². The molecule has 0 aliphatic heterocycles. The van der Waals surface area contributed by atoms with E-state index < -0.39 is 0 Å². The second-order valence-electron chi connectivity index (χ2n) is 3.28. The van der Waals surface area contributed by atoms with Crippen molar-refractivity contribution in [2.75, 3.05) is 0 Å². The highest BCUT2D eigenvalue weighted by atomic mass is 35.5. The highest BCUT2D eigenvalue weighted by Crippen LogP contribution is 2.29. The lowest BCUT2D eigenvalue weighted by Crippen LogP contribution is -1.93. The Morgan fingerprint density at radius 2 is 1.93 bits per heavy atom. The molecule has 0 aliphatic rings. The van der Waals surface area contributed by atoms with Gasteiger partial charge in [-0.15, -0.1) is 0 Å². The maximum atomic E-state index is 6.14. The summed E-state index contributed by atoms with van der Waals surface area (Å²) in [6.45, 7) is 2.04. The van der Waals surface area contributed by atoms with Crippen molar-refractivity contribution in [2.45, 2.75) is 6.92 Å². The van der Waals surface area contributed by atoms with E-state index in [4.69, 9.17) is 11.6 Å². The van der Waals surface area contributed by atoms with Crippen LogP contribution in [0.4, 0.5) is 0 Å². The third kappa shape index (κ3) is 1.42. The molecule has 0 atom stereocenters. The zero-order valence-electron chi connectivity index (χ0n) is 8.16. The van der Waals surface area contributed by atoms with Crippen molar-refractivity contribution in [3.05, 3.63) is 41.3 Å². The minimum absolute atomic E-state index is 0.788. The number of nitrogens with zero attached hydrogens (tertiary/aromatic N) is 2. The van der Waals surface area contributed by atoms with Crippen LogP contribution in [0, 0.1) is 6.92 Å². The van der Waals surface area contributed by atoms with Gasteiger partial charge in [0.2, 0.25) is 0 Å². The maximum absolute atomic E-state index is 6.14. The van der Waals surface area contributed by atoms with Crippen molar-refractivity contribution in [1.82, 2.24) is 9.55 Å². The van der Waals surface area contributed by atoms with Gasteiger partial charge in [-0.2, -0.15) is 0 Å². The summed E-state index contributed by atoms with van der Waals surface area (Å²) < 4.78 is 2.08. The first-order valence-electron chi connectivity index (χ1n) is 4.42. The van der Waals surface area contributed by atoms with Gasteiger partial charge in [0.05, 0.1) is 10.7 Å². The van der Waals surface area contributed by atoms with Crippen LogP contribution in [0.2, 0.25) is 5.02 Å². The molecular weight excluding hydrogens is 196 g/mol. The summed E-state index contributed by atoms with van der Waals surface area (Å²) >= 11 is 6.14. The van der Waals surface area contributed by atoms with Crippen LogP contribution in [0.5, 0.6) is 0 Å². The molecule has 2 nitrogen and oxygen atoms in total. The molecule has 0 bridgehead atoms. The first-order chi connectivity index (χ1) is 6.70. The molecule has 0 aromatic carbocycles. The van der Waals surface area contributed by atoms with Gasteiger partial charge in [-0.25, -0.2) is 0 Å². The molecule has 0 radical (unpaired) electrons. The van der Waals surface area contributed by atoms with Gasteiger partial charge >= 0.3 is 0 Å². The molecule has 2 heterocycles. The third-order valence-corrected chi connectivity index (χ3v) is 2.67. The van der Waals surface area contributed by atoms with E-state index in [1.165, 1.54) is 0 Å². The summed E-state index contributed by atoms with van der Waals surface area (Å²) in [6.07, 6.45) is 3.54. The predicted octanol–water partition coefficient (Wildman–Crippen LogP) is 3.05. The Labute approximate surface area is 88.2 Å². The molecule has 3 heteroatoms. The zero-order chi connectivity index (χ0) is 10.1. The fourth-order valence-electron chi connectivity index (χ4n) is 1.53. The van der Waals surface area contributed by atoms with Crippen LogP contribution in [0.25, 0.3) is 11.3 Å². The quantitative estimate of drug-likeness (QED) is 0.701. The van der Waals surface area contributed by atoms with E-state index in [0.717, 1.165) is 22.0 Å². The zero-order valence-corrected chi connectivity index (χ0v) is 8.92. The molecule has 14 heavy (non-hydrogen) atoms. The molecule has 2 aromatic heterocycles. The van der Waals surface area contributed by atoms with Gasteiger partial charge in [0.1, 0.15) is 0 Å². The minimum Gasteiger partial charge on any atom is -0.347 e. The van der Waals surface area contributed by atoms with E-state index in [9.17, 15) is 0 Å². The predicted molar refractivity (Wildman–Crippen MR) is 58.4 cm³/mol. The Balaban J connectivity index is 2.62. The molecule has 0 saturated carbocycles. The van der Waals surface area contributed by atoms with Crippen LogP contribution in [0.1, 0.15) is 5.69 Å². The van der Waals surface area contributed by atoms with E-state index in [1.807, 2.05) is 32.2 Å². The number of rotatable bonds is 1. The summed E-state index contributed by atoms with van der Waals surface area (Å²) in [5, 5.41) is 0.788. The lowest BCUT2D eigenvalue weighted by Gasteiger charge is -2.05. The summed E-state index contributed by atoms with van der Waals surface area (Å²) in [6, 6.07) is 5.89. The summed E-state index contributed by atoms with van der Waals surface area (Å²) in [5.74, 6) is 0. The largest absolute Gasteiger partial charge is 0.347 e. The molecule has 0 amide bonds. The van der Waals surface area contributed by atoms with Crippen molar-refractivity contribution >= 4 is 11.6 Å². The van der Waals surface area contributed by atoms with Gasteiger partial charge in [0.15, 0.2) is 0 Å². The Morgan fingerprint density at radius 3 is 2.43 bits per heavy atom. The molecule has 0 aliphatic carbocycles. The van der Waals surface area contributed by atoms with Crippen LogP contribution >= 0.6 is 11.6 Å². The highest BCUT2D eigenvalue weighted by Gasteiger charge is 2.09. The third-order valence-electron chi connectivity index (χ3n) is 2.38. The van der Waals surface area contributed by atoms with E-state index in [0.29, 0.717) is 0 Å². The topological polar surface area (TPSA) is 17.8 Å². The molecule has 0 N–H and O–H groups in total. The lowest BCUT2D eigenvalue weighted by molar-refractivity contribution is 0.891. The first-order valence-corrected chi connectivity index (χ1v) is 4.80. The Hall–Kier alpha value is -1.28. The summed E-state index contributed by atoms with van der Waals surface area (Å²) in [5.41, 5.74) is 3.30. The Morgan fingerprint density at radius 1 is 1.29 bits per heavy atom. The monoisotopic (exact) mass is 206 g/mol. The van der Waals surface area contributed by atoms with Gasteiger partial charge in [-0.3, -0.25) is 4.98 Å². The smallest absolute Gasteiger partial charge is 0.0670 e. The number of hydrogen-bond donors (Lipinski definition) is 0. The van der Waals surface area contributed by atoms with Gasteiger partial charge in [0.25, 0.3) is 0 Å². The molecular formula is C11H11ClN2. The van der Waals surface area contributed by atoms with E-state index in [2.05, 4.69) is 9.55 Å². The molecule has 0 unspecified atom stereocenters. The molecule has 2 rings (SSSR count). The van der Waals surface area contributed by atoms with E-state index >= 15 is 0 Å². The molecule has 0 spiro atoms. The number of pyridine rings is 1. The lowest BCUT2D eigenvalue weighted by atomic mass is 10.2.